The Balaban J connectivity index is 1.59. The van der Waals surface area contributed by atoms with Crippen molar-refractivity contribution in [1.82, 2.24) is 10.6 Å². The van der Waals surface area contributed by atoms with E-state index in [0.29, 0.717) is 12.8 Å². The van der Waals surface area contributed by atoms with Crippen LogP contribution in [-0.2, 0) is 27.1 Å². The molecule has 2 aromatic carbocycles. The third-order valence-electron chi connectivity index (χ3n) is 5.03. The van der Waals surface area contributed by atoms with E-state index in [0.717, 1.165) is 11.1 Å². The maximum absolute atomic E-state index is 12.5. The molecule has 2 N–H and O–H groups in total. The van der Waals surface area contributed by atoms with Gasteiger partial charge in [-0.2, -0.15) is 0 Å². The van der Waals surface area contributed by atoms with Gasteiger partial charge in [0.05, 0.1) is 12.1 Å². The summed E-state index contributed by atoms with van der Waals surface area (Å²) in [7, 11) is 0. The number of carbonyl (C=O) groups is 1. The van der Waals surface area contributed by atoms with Crippen LogP contribution in [0.4, 0.5) is 4.79 Å². The fourth-order valence-corrected chi connectivity index (χ4v) is 3.78. The number of nitrogens with one attached hydrogen (secondary N) is 2. The summed E-state index contributed by atoms with van der Waals surface area (Å²) >= 11 is 0. The lowest BCUT2D eigenvalue weighted by atomic mass is 9.92. The highest BCUT2D eigenvalue weighted by Gasteiger charge is 2.42. The summed E-state index contributed by atoms with van der Waals surface area (Å²) in [6, 6.07) is 19.5. The molecule has 2 amide bonds. The van der Waals surface area contributed by atoms with Gasteiger partial charge >= 0.3 is 6.03 Å². The SMILES string of the molecule is O=C1NC(Cc2ccccc2)C2OCOCOC2C(Cc2ccccc2)N1. The molecule has 2 aromatic rings. The molecule has 4 unspecified atom stereocenters. The highest BCUT2D eigenvalue weighted by molar-refractivity contribution is 5.75. The second-order valence-electron chi connectivity index (χ2n) is 6.91. The predicted molar refractivity (Wildman–Crippen MR) is 100 cm³/mol. The topological polar surface area (TPSA) is 68.8 Å². The summed E-state index contributed by atoms with van der Waals surface area (Å²) in [5.41, 5.74) is 2.27. The van der Waals surface area contributed by atoms with E-state index in [4.69, 9.17) is 14.2 Å². The monoisotopic (exact) mass is 368 g/mol. The molecule has 0 aromatic heterocycles. The lowest BCUT2D eigenvalue weighted by Gasteiger charge is -2.31. The maximum atomic E-state index is 12.5. The number of hydrogen-bond acceptors (Lipinski definition) is 4. The fourth-order valence-electron chi connectivity index (χ4n) is 3.78. The minimum Gasteiger partial charge on any atom is -0.347 e. The third kappa shape index (κ3) is 4.47. The first-order valence-corrected chi connectivity index (χ1v) is 9.25. The van der Waals surface area contributed by atoms with Crippen molar-refractivity contribution in [2.24, 2.45) is 0 Å². The molecule has 0 aliphatic carbocycles. The van der Waals surface area contributed by atoms with Gasteiger partial charge in [-0.05, 0) is 24.0 Å². The Kier molecular flexibility index (Phi) is 5.67. The molecule has 2 aliphatic rings. The Morgan fingerprint density at radius 1 is 0.741 bits per heavy atom. The highest BCUT2D eigenvalue weighted by Crippen LogP contribution is 2.23. The van der Waals surface area contributed by atoms with E-state index < -0.39 is 0 Å². The average molecular weight is 368 g/mol. The first kappa shape index (κ1) is 18.0. The van der Waals surface area contributed by atoms with Crippen LogP contribution in [0, 0.1) is 0 Å². The van der Waals surface area contributed by atoms with Crippen LogP contribution < -0.4 is 10.6 Å². The fraction of sp³-hybridized carbons (Fsp3) is 0.381. The Morgan fingerprint density at radius 3 is 1.63 bits per heavy atom. The molecule has 27 heavy (non-hydrogen) atoms. The predicted octanol–water partition coefficient (Wildman–Crippen LogP) is 2.24. The van der Waals surface area contributed by atoms with Gasteiger partial charge < -0.3 is 24.8 Å². The standard InChI is InChI=1S/C21H24N2O4/c24-21-22-17(11-15-7-3-1-4-8-15)19-20(27-14-25-13-26-19)18(23-21)12-16-9-5-2-6-10-16/h1-10,17-20H,11-14H2,(H2,22,23,24). The van der Waals surface area contributed by atoms with Crippen molar-refractivity contribution in [2.45, 2.75) is 37.1 Å². The van der Waals surface area contributed by atoms with E-state index >= 15 is 0 Å². The Morgan fingerprint density at radius 2 is 1.19 bits per heavy atom. The number of hydrogen-bond donors (Lipinski definition) is 2. The van der Waals surface area contributed by atoms with E-state index in [1.54, 1.807) is 0 Å². The third-order valence-corrected chi connectivity index (χ3v) is 5.03. The summed E-state index contributed by atoms with van der Waals surface area (Å²) in [5, 5.41) is 6.12. The zero-order valence-corrected chi connectivity index (χ0v) is 15.0. The summed E-state index contributed by atoms with van der Waals surface area (Å²) in [4.78, 5) is 12.5. The molecule has 2 fully saturated rings. The molecule has 2 aliphatic heterocycles. The van der Waals surface area contributed by atoms with E-state index in [9.17, 15) is 4.79 Å². The quantitative estimate of drug-likeness (QED) is 0.869. The average Bonchev–Trinajstić information content (AvgIpc) is 3.00. The minimum atomic E-state index is -0.305. The van der Waals surface area contributed by atoms with Crippen molar-refractivity contribution in [1.29, 1.82) is 0 Å². The van der Waals surface area contributed by atoms with Gasteiger partial charge in [0.2, 0.25) is 0 Å². The zero-order valence-electron chi connectivity index (χ0n) is 15.0. The molecule has 0 bridgehead atoms. The molecule has 4 rings (SSSR count). The van der Waals surface area contributed by atoms with Crippen LogP contribution in [-0.4, -0.2) is 43.9 Å². The molecule has 142 valence electrons. The first-order valence-electron chi connectivity index (χ1n) is 9.25. The molecular formula is C21H24N2O4. The zero-order chi connectivity index (χ0) is 18.5. The van der Waals surface area contributed by atoms with Gasteiger partial charge in [0, 0.05) is 0 Å². The lowest BCUT2D eigenvalue weighted by molar-refractivity contribution is -0.0916. The normalized spacial score (nSPS) is 28.2. The molecular weight excluding hydrogens is 344 g/mol. The molecule has 0 spiro atoms. The van der Waals surface area contributed by atoms with Crippen LogP contribution >= 0.6 is 0 Å². The summed E-state index contributed by atoms with van der Waals surface area (Å²) in [5.74, 6) is 0. The molecule has 6 nitrogen and oxygen atoms in total. The number of fused-ring (bicyclic) bond motifs is 1. The summed E-state index contributed by atoms with van der Waals surface area (Å²) in [6.45, 7) is 0.306. The van der Waals surface area contributed by atoms with Gasteiger partial charge in [-0.3, -0.25) is 0 Å². The molecule has 2 saturated heterocycles. The van der Waals surface area contributed by atoms with Crippen LogP contribution in [0.5, 0.6) is 0 Å². The molecule has 0 radical (unpaired) electrons. The molecule has 0 saturated carbocycles. The lowest BCUT2D eigenvalue weighted by Crippen LogP contribution is -2.51. The van der Waals surface area contributed by atoms with E-state index in [-0.39, 0.29) is 43.9 Å². The van der Waals surface area contributed by atoms with Gasteiger partial charge in [-0.15, -0.1) is 0 Å². The van der Waals surface area contributed by atoms with Gasteiger partial charge in [0.1, 0.15) is 25.8 Å². The van der Waals surface area contributed by atoms with Crippen molar-refractivity contribution in [3.05, 3.63) is 71.8 Å². The van der Waals surface area contributed by atoms with Crippen molar-refractivity contribution in [3.63, 3.8) is 0 Å². The number of carbonyl (C=O) groups excluding carboxylic acids is 1. The molecule has 2 heterocycles. The maximum Gasteiger partial charge on any atom is 0.315 e. The van der Waals surface area contributed by atoms with Gasteiger partial charge in [0.15, 0.2) is 0 Å². The van der Waals surface area contributed by atoms with Crippen molar-refractivity contribution in [2.75, 3.05) is 13.6 Å². The Hall–Kier alpha value is -2.41. The number of benzene rings is 2. The molecule has 6 heteroatoms. The largest absolute Gasteiger partial charge is 0.347 e. The van der Waals surface area contributed by atoms with E-state index in [2.05, 4.69) is 34.9 Å². The summed E-state index contributed by atoms with van der Waals surface area (Å²) < 4.78 is 17.3. The number of amides is 2. The van der Waals surface area contributed by atoms with Crippen LogP contribution in [0.1, 0.15) is 11.1 Å². The number of urea groups is 1. The van der Waals surface area contributed by atoms with Crippen LogP contribution in [0.3, 0.4) is 0 Å². The first-order chi connectivity index (χ1) is 13.3. The Bertz CT molecular complexity index is 679. The number of rotatable bonds is 4. The van der Waals surface area contributed by atoms with Crippen LogP contribution in [0.15, 0.2) is 60.7 Å². The summed E-state index contributed by atoms with van der Waals surface area (Å²) in [6.07, 6.45) is 0.717. The number of ether oxygens (including phenoxy) is 3. The smallest absolute Gasteiger partial charge is 0.315 e. The van der Waals surface area contributed by atoms with Crippen molar-refractivity contribution in [3.8, 4) is 0 Å². The second kappa shape index (κ2) is 8.52. The van der Waals surface area contributed by atoms with Crippen LogP contribution in [0.2, 0.25) is 0 Å². The highest BCUT2D eigenvalue weighted by atomic mass is 16.8. The minimum absolute atomic E-state index is 0.153. The van der Waals surface area contributed by atoms with E-state index in [1.807, 2.05) is 36.4 Å². The van der Waals surface area contributed by atoms with Crippen LogP contribution in [0.25, 0.3) is 0 Å². The second-order valence-corrected chi connectivity index (χ2v) is 6.91. The Labute approximate surface area is 158 Å². The van der Waals surface area contributed by atoms with Gasteiger partial charge in [-0.25, -0.2) is 4.79 Å². The van der Waals surface area contributed by atoms with Crippen molar-refractivity contribution < 1.29 is 19.0 Å². The van der Waals surface area contributed by atoms with Crippen molar-refractivity contribution >= 4 is 6.03 Å². The molecule has 4 atom stereocenters. The van der Waals surface area contributed by atoms with Gasteiger partial charge in [-0.1, -0.05) is 60.7 Å². The van der Waals surface area contributed by atoms with Gasteiger partial charge in [0.25, 0.3) is 0 Å². The van der Waals surface area contributed by atoms with E-state index in [1.165, 1.54) is 0 Å².